The molecule has 343 valence electrons. The van der Waals surface area contributed by atoms with Crippen molar-refractivity contribution < 1.29 is 0 Å². The van der Waals surface area contributed by atoms with Crippen LogP contribution in [-0.4, -0.2) is 7.28 Å². The van der Waals surface area contributed by atoms with Gasteiger partial charge < -0.3 is 10.2 Å². The van der Waals surface area contributed by atoms with E-state index in [0.717, 1.165) is 11.4 Å². The van der Waals surface area contributed by atoms with E-state index in [-0.39, 0.29) is 32.5 Å². The summed E-state index contributed by atoms with van der Waals surface area (Å²) < 4.78 is 2.64. The minimum Gasteiger partial charge on any atom is -0.355 e. The zero-order valence-electron chi connectivity index (χ0n) is 42.6. The molecular weight excluding hydrogens is 840 g/mol. The van der Waals surface area contributed by atoms with Crippen molar-refractivity contribution in [3.05, 3.63) is 149 Å². The second-order valence-electron chi connectivity index (χ2n) is 25.2. The summed E-state index contributed by atoms with van der Waals surface area (Å²) in [7, 11) is 2.58. The molecule has 1 aliphatic heterocycles. The van der Waals surface area contributed by atoms with E-state index in [1.54, 1.807) is 0 Å². The molecule has 0 saturated heterocycles. The third kappa shape index (κ3) is 6.62. The third-order valence-electron chi connectivity index (χ3n) is 17.9. The maximum atomic E-state index is 4.13. The molecule has 68 heavy (non-hydrogen) atoms. The number of nitrogens with one attached hydrogen (secondary N) is 1. The van der Waals surface area contributed by atoms with Gasteiger partial charge in [0.05, 0.1) is 0 Å². The molecule has 12 rings (SSSR count). The summed E-state index contributed by atoms with van der Waals surface area (Å²) in [6.07, 6.45) is 7.12. The Morgan fingerprint density at radius 2 is 1.03 bits per heavy atom. The topological polar surface area (TPSA) is 15.3 Å². The zero-order valence-corrected chi connectivity index (χ0v) is 43.5. The summed E-state index contributed by atoms with van der Waals surface area (Å²) in [5, 5.41) is 9.29. The van der Waals surface area contributed by atoms with Crippen molar-refractivity contribution >= 4 is 88.9 Å². The van der Waals surface area contributed by atoms with Crippen LogP contribution in [0.5, 0.6) is 0 Å². The van der Waals surface area contributed by atoms with Crippen LogP contribution in [0, 0.1) is 0 Å². The fourth-order valence-electron chi connectivity index (χ4n) is 13.1. The fraction of sp³-hybridized carbons (Fsp3) is 0.375. The van der Waals surface area contributed by atoms with Gasteiger partial charge in [0.1, 0.15) is 0 Å². The Kier molecular flexibility index (Phi) is 9.44. The van der Waals surface area contributed by atoms with Crippen LogP contribution < -0.4 is 21.1 Å². The van der Waals surface area contributed by atoms with Crippen LogP contribution in [0.1, 0.15) is 155 Å². The van der Waals surface area contributed by atoms with Gasteiger partial charge in [0.15, 0.2) is 7.28 Å². The first-order valence-corrected chi connectivity index (χ1v) is 26.4. The lowest BCUT2D eigenvalue weighted by Gasteiger charge is -2.45. The van der Waals surface area contributed by atoms with Gasteiger partial charge >= 0.3 is 0 Å². The Morgan fingerprint density at radius 1 is 0.485 bits per heavy atom. The first-order valence-electron chi connectivity index (χ1n) is 25.6. The Balaban J connectivity index is 1.16. The lowest BCUT2D eigenvalue weighted by molar-refractivity contribution is 0.332. The van der Waals surface area contributed by atoms with E-state index in [1.165, 1.54) is 142 Å². The quantitative estimate of drug-likeness (QED) is 0.177. The van der Waals surface area contributed by atoms with Crippen LogP contribution >= 0.6 is 11.3 Å². The minimum atomic E-state index is 0.0661. The molecule has 2 heterocycles. The smallest absolute Gasteiger partial charge is 0.197 e. The van der Waals surface area contributed by atoms with Crippen molar-refractivity contribution in [3.8, 4) is 11.1 Å². The number of thiophene rings is 1. The standard InChI is InChI=1S/C64H68BN2S/c1-59(2)27-29-61(5,6)47-34-39(21-24-45(47)59)66-52-26-23-43-42-19-15-16-20-54(42)68-58(43)55(52)44-33-38-17-13-14-18-41(38)57-56(44)65-51-36-49-50(64(11,12)32-31-63(49,9)10)37-53(51)67(57)40-22-25-46-48(35-40)62(7,8)30-28-60(46,3)4/h13-26,33-37,66H,27-32H2,1-12H3. The van der Waals surface area contributed by atoms with Crippen molar-refractivity contribution in [1.29, 1.82) is 0 Å². The fourth-order valence-corrected chi connectivity index (χ4v) is 14.4. The highest BCUT2D eigenvalue weighted by Crippen LogP contribution is 2.54. The molecule has 0 unspecified atom stereocenters. The number of hydrogen-bond donors (Lipinski definition) is 1. The van der Waals surface area contributed by atoms with Crippen LogP contribution in [0.15, 0.2) is 115 Å². The summed E-state index contributed by atoms with van der Waals surface area (Å²) in [6, 6.07) is 45.4. The van der Waals surface area contributed by atoms with Gasteiger partial charge in [0.25, 0.3) is 0 Å². The predicted molar refractivity (Wildman–Crippen MR) is 298 cm³/mol. The molecule has 0 bridgehead atoms. The van der Waals surface area contributed by atoms with Crippen LogP contribution in [-0.2, 0) is 32.5 Å². The van der Waals surface area contributed by atoms with Crippen molar-refractivity contribution in [1.82, 2.24) is 0 Å². The predicted octanol–water partition coefficient (Wildman–Crippen LogP) is 17.1. The third-order valence-corrected chi connectivity index (χ3v) is 19.1. The maximum Gasteiger partial charge on any atom is 0.197 e. The molecule has 4 heteroatoms. The van der Waals surface area contributed by atoms with Crippen molar-refractivity contribution in [2.75, 3.05) is 10.2 Å². The summed E-state index contributed by atoms with van der Waals surface area (Å²) in [5.74, 6) is 0. The summed E-state index contributed by atoms with van der Waals surface area (Å²) in [4.78, 5) is 2.69. The van der Waals surface area contributed by atoms with E-state index in [4.69, 9.17) is 0 Å². The SMILES string of the molecule is CC1(C)CCC(C)(C)c2cc(Nc3ccc4c(sc5ccccc54)c3-c3cc4ccccc4c4c3[B]c3cc5c(cc3N4c3ccc4c(c3)C(C)(C)CCC4(C)C)C(C)(C)CCC5(C)C)ccc21. The van der Waals surface area contributed by atoms with Crippen molar-refractivity contribution in [2.24, 2.45) is 0 Å². The highest BCUT2D eigenvalue weighted by Gasteiger charge is 2.42. The maximum absolute atomic E-state index is 4.13. The largest absolute Gasteiger partial charge is 0.355 e. The van der Waals surface area contributed by atoms with E-state index >= 15 is 0 Å². The summed E-state index contributed by atoms with van der Waals surface area (Å²) >= 11 is 1.93. The molecule has 0 fully saturated rings. The molecule has 2 nitrogen and oxygen atoms in total. The average molecular weight is 908 g/mol. The lowest BCUT2D eigenvalue weighted by atomic mass is 9.54. The molecule has 4 aliphatic rings. The number of fused-ring (bicyclic) bond motifs is 10. The van der Waals surface area contributed by atoms with E-state index in [1.807, 2.05) is 11.3 Å². The lowest BCUT2D eigenvalue weighted by Crippen LogP contribution is -2.44. The Bertz CT molecular complexity index is 3430. The van der Waals surface area contributed by atoms with Gasteiger partial charge in [-0.2, -0.15) is 0 Å². The van der Waals surface area contributed by atoms with Gasteiger partial charge in [0, 0.05) is 59.6 Å². The second-order valence-corrected chi connectivity index (χ2v) is 26.3. The molecule has 1 aromatic heterocycles. The Hall–Kier alpha value is -5.32. The highest BCUT2D eigenvalue weighted by molar-refractivity contribution is 7.26. The van der Waals surface area contributed by atoms with E-state index in [0.29, 0.717) is 0 Å². The molecule has 0 spiro atoms. The van der Waals surface area contributed by atoms with Gasteiger partial charge in [-0.3, -0.25) is 0 Å². The summed E-state index contributed by atoms with van der Waals surface area (Å²) in [5.41, 5.74) is 20.7. The Labute approximate surface area is 410 Å². The monoisotopic (exact) mass is 908 g/mol. The molecule has 0 atom stereocenters. The molecular formula is C64H68BN2S. The number of benzene rings is 7. The molecule has 0 saturated carbocycles. The number of nitrogens with zero attached hydrogens (tertiary/aromatic N) is 1. The van der Waals surface area contributed by atoms with Crippen LogP contribution in [0.25, 0.3) is 42.1 Å². The second kappa shape index (κ2) is 14.6. The molecule has 0 amide bonds. The molecule has 8 aromatic rings. The van der Waals surface area contributed by atoms with Gasteiger partial charge in [0.2, 0.25) is 0 Å². The van der Waals surface area contributed by atoms with Gasteiger partial charge in [-0.05, 0) is 169 Å². The molecule has 1 N–H and O–H groups in total. The highest BCUT2D eigenvalue weighted by atomic mass is 32.1. The minimum absolute atomic E-state index is 0.0661. The first-order chi connectivity index (χ1) is 32.1. The van der Waals surface area contributed by atoms with Gasteiger partial charge in [-0.25, -0.2) is 0 Å². The Morgan fingerprint density at radius 3 is 1.69 bits per heavy atom. The van der Waals surface area contributed by atoms with E-state index in [9.17, 15) is 0 Å². The van der Waals surface area contributed by atoms with Crippen LogP contribution in [0.3, 0.4) is 0 Å². The molecule has 3 aliphatic carbocycles. The number of rotatable bonds is 4. The first kappa shape index (κ1) is 43.9. The van der Waals surface area contributed by atoms with Crippen LogP contribution in [0.4, 0.5) is 28.4 Å². The van der Waals surface area contributed by atoms with Gasteiger partial charge in [-0.15, -0.1) is 11.3 Å². The zero-order chi connectivity index (χ0) is 47.5. The van der Waals surface area contributed by atoms with Crippen molar-refractivity contribution in [3.63, 3.8) is 0 Å². The van der Waals surface area contributed by atoms with Crippen molar-refractivity contribution in [2.45, 2.75) is 154 Å². The van der Waals surface area contributed by atoms with Crippen LogP contribution in [0.2, 0.25) is 0 Å². The average Bonchev–Trinajstić information content (AvgIpc) is 3.68. The number of anilines is 5. The number of hydrogen-bond acceptors (Lipinski definition) is 3. The summed E-state index contributed by atoms with van der Waals surface area (Å²) in [6.45, 7) is 29.4. The molecule has 1 radical (unpaired) electrons. The van der Waals surface area contributed by atoms with Gasteiger partial charge in [-0.1, -0.05) is 155 Å². The normalized spacial score (nSPS) is 19.9. The van der Waals surface area contributed by atoms with E-state index < -0.39 is 0 Å². The van der Waals surface area contributed by atoms with E-state index in [2.05, 4.69) is 216 Å². The molecule has 7 aromatic carbocycles.